The number of nitrogens with zero attached hydrogens (tertiary/aromatic N) is 3. The normalized spacial score (nSPS) is 10.8. The first-order chi connectivity index (χ1) is 11.9. The molecular weight excluding hydrogens is 338 g/mol. The first-order valence-corrected chi connectivity index (χ1v) is 8.59. The van der Waals surface area contributed by atoms with Gasteiger partial charge >= 0.3 is 10.1 Å². The van der Waals surface area contributed by atoms with Gasteiger partial charge in [0.05, 0.1) is 17.2 Å². The molecule has 0 aliphatic rings. The third kappa shape index (κ3) is 3.27. The Morgan fingerprint density at radius 3 is 2.28 bits per heavy atom. The number of aromatic nitrogens is 1. The Hall–Kier alpha value is -3.42. The second-order valence-corrected chi connectivity index (χ2v) is 6.89. The molecule has 7 heteroatoms. The Balaban J connectivity index is 2.13. The van der Waals surface area contributed by atoms with Crippen molar-refractivity contribution in [1.82, 2.24) is 4.98 Å². The molecule has 0 saturated heterocycles. The summed E-state index contributed by atoms with van der Waals surface area (Å²) in [7, 11) is -4.08. The summed E-state index contributed by atoms with van der Waals surface area (Å²) >= 11 is 0. The molecule has 3 aromatic rings. The predicted molar refractivity (Wildman–Crippen MR) is 90.2 cm³/mol. The molecule has 2 aromatic carbocycles. The van der Waals surface area contributed by atoms with Crippen molar-refractivity contribution in [3.63, 3.8) is 0 Å². The molecule has 6 nitrogen and oxygen atoms in total. The van der Waals surface area contributed by atoms with E-state index < -0.39 is 10.1 Å². The van der Waals surface area contributed by atoms with Crippen LogP contribution in [0, 0.1) is 29.6 Å². The van der Waals surface area contributed by atoms with Crippen LogP contribution in [0.5, 0.6) is 5.75 Å². The van der Waals surface area contributed by atoms with E-state index in [1.807, 2.05) is 19.1 Å². The quantitative estimate of drug-likeness (QED) is 0.673. The minimum Gasteiger partial charge on any atom is -0.377 e. The molecule has 0 unspecified atom stereocenters. The van der Waals surface area contributed by atoms with Crippen LogP contribution >= 0.6 is 0 Å². The Bertz CT molecular complexity index is 1150. The lowest BCUT2D eigenvalue weighted by atomic mass is 10.1. The number of fused-ring (bicyclic) bond motifs is 1. The van der Waals surface area contributed by atoms with Gasteiger partial charge in [0.15, 0.2) is 5.75 Å². The summed E-state index contributed by atoms with van der Waals surface area (Å²) in [6.07, 6.45) is 1.32. The van der Waals surface area contributed by atoms with Crippen molar-refractivity contribution in [2.45, 2.75) is 11.8 Å². The third-order valence-corrected chi connectivity index (χ3v) is 4.76. The van der Waals surface area contributed by atoms with Gasteiger partial charge in [0, 0.05) is 17.6 Å². The van der Waals surface area contributed by atoms with E-state index in [0.717, 1.165) is 5.56 Å². The van der Waals surface area contributed by atoms with Crippen LogP contribution < -0.4 is 4.18 Å². The number of pyridine rings is 1. The molecule has 1 aromatic heterocycles. The van der Waals surface area contributed by atoms with Crippen LogP contribution in [0.2, 0.25) is 0 Å². The van der Waals surface area contributed by atoms with E-state index in [1.165, 1.54) is 36.5 Å². The van der Waals surface area contributed by atoms with Gasteiger partial charge in [-0.2, -0.15) is 18.9 Å². The van der Waals surface area contributed by atoms with Crippen LogP contribution in [-0.2, 0) is 10.1 Å². The Morgan fingerprint density at radius 2 is 1.64 bits per heavy atom. The van der Waals surface area contributed by atoms with Gasteiger partial charge in [-0.25, -0.2) is 0 Å². The second-order valence-electron chi connectivity index (χ2n) is 5.34. The maximum Gasteiger partial charge on any atom is 0.339 e. The molecule has 0 N–H and O–H groups in total. The number of rotatable bonds is 3. The molecule has 0 saturated carbocycles. The minimum absolute atomic E-state index is 0.00209. The molecule has 0 amide bonds. The summed E-state index contributed by atoms with van der Waals surface area (Å²) < 4.78 is 30.2. The lowest BCUT2D eigenvalue weighted by Crippen LogP contribution is -2.10. The highest BCUT2D eigenvalue weighted by molar-refractivity contribution is 7.87. The van der Waals surface area contributed by atoms with Gasteiger partial charge in [0.25, 0.3) is 0 Å². The second kappa shape index (κ2) is 6.23. The van der Waals surface area contributed by atoms with Crippen LogP contribution in [0.4, 0.5) is 0 Å². The fourth-order valence-corrected chi connectivity index (χ4v) is 3.21. The molecule has 0 atom stereocenters. The number of benzene rings is 2. The van der Waals surface area contributed by atoms with Crippen LogP contribution in [0.25, 0.3) is 10.9 Å². The van der Waals surface area contributed by atoms with Gasteiger partial charge in [-0.15, -0.1) is 0 Å². The van der Waals surface area contributed by atoms with Crippen molar-refractivity contribution in [3.8, 4) is 17.9 Å². The zero-order chi connectivity index (χ0) is 18.0. The highest BCUT2D eigenvalue weighted by atomic mass is 32.2. The van der Waals surface area contributed by atoms with Gasteiger partial charge in [-0.1, -0.05) is 17.7 Å². The van der Waals surface area contributed by atoms with Crippen LogP contribution in [0.15, 0.2) is 53.6 Å². The van der Waals surface area contributed by atoms with E-state index in [9.17, 15) is 8.42 Å². The van der Waals surface area contributed by atoms with Gasteiger partial charge in [-0.05, 0) is 31.2 Å². The van der Waals surface area contributed by atoms with Crippen molar-refractivity contribution in [2.24, 2.45) is 0 Å². The number of aryl methyl sites for hydroxylation is 1. The molecular formula is C18H11N3O3S. The number of nitriles is 2. The van der Waals surface area contributed by atoms with Crippen molar-refractivity contribution < 1.29 is 12.6 Å². The summed E-state index contributed by atoms with van der Waals surface area (Å²) in [6, 6.07) is 14.5. The first-order valence-electron chi connectivity index (χ1n) is 7.18. The average molecular weight is 349 g/mol. The Morgan fingerprint density at radius 1 is 1.00 bits per heavy atom. The highest BCUT2D eigenvalue weighted by Crippen LogP contribution is 2.29. The van der Waals surface area contributed by atoms with Crippen LogP contribution in [0.3, 0.4) is 0 Å². The summed E-state index contributed by atoms with van der Waals surface area (Å²) in [4.78, 5) is 4.10. The van der Waals surface area contributed by atoms with E-state index in [2.05, 4.69) is 4.98 Å². The van der Waals surface area contributed by atoms with Crippen molar-refractivity contribution in [2.75, 3.05) is 0 Å². The molecule has 0 aliphatic heterocycles. The molecule has 0 radical (unpaired) electrons. The Labute approximate surface area is 144 Å². The minimum atomic E-state index is -4.08. The molecule has 25 heavy (non-hydrogen) atoms. The van der Waals surface area contributed by atoms with E-state index in [-0.39, 0.29) is 21.7 Å². The Kier molecular flexibility index (Phi) is 4.10. The molecule has 0 spiro atoms. The predicted octanol–water partition coefficient (Wildman–Crippen LogP) is 3.05. The third-order valence-electron chi connectivity index (χ3n) is 3.52. The van der Waals surface area contributed by atoms with E-state index in [4.69, 9.17) is 14.7 Å². The van der Waals surface area contributed by atoms with Crippen LogP contribution in [-0.4, -0.2) is 13.4 Å². The fraction of sp³-hybridized carbons (Fsp3) is 0.0556. The van der Waals surface area contributed by atoms with Gasteiger partial charge in [0.1, 0.15) is 16.5 Å². The fourth-order valence-electron chi connectivity index (χ4n) is 2.28. The zero-order valence-electron chi connectivity index (χ0n) is 13.1. The molecule has 3 rings (SSSR count). The molecule has 0 fully saturated rings. The number of hydrogen-bond donors (Lipinski definition) is 0. The smallest absolute Gasteiger partial charge is 0.339 e. The largest absolute Gasteiger partial charge is 0.377 e. The van der Waals surface area contributed by atoms with Crippen LogP contribution in [0.1, 0.15) is 16.7 Å². The lowest BCUT2D eigenvalue weighted by molar-refractivity contribution is 0.488. The number of hydrogen-bond acceptors (Lipinski definition) is 6. The van der Waals surface area contributed by atoms with Gasteiger partial charge < -0.3 is 4.18 Å². The molecule has 0 aliphatic carbocycles. The van der Waals surface area contributed by atoms with E-state index in [1.54, 1.807) is 12.1 Å². The van der Waals surface area contributed by atoms with Crippen molar-refractivity contribution in [1.29, 1.82) is 10.5 Å². The lowest BCUT2D eigenvalue weighted by Gasteiger charge is -2.10. The molecule has 122 valence electrons. The van der Waals surface area contributed by atoms with Gasteiger partial charge in [-0.3, -0.25) is 4.98 Å². The van der Waals surface area contributed by atoms with Gasteiger partial charge in [0.2, 0.25) is 0 Å². The first kappa shape index (κ1) is 16.4. The van der Waals surface area contributed by atoms with Crippen molar-refractivity contribution in [3.05, 3.63) is 65.4 Å². The standard InChI is InChI=1S/C18H11N3O3S/c1-12-2-4-16(5-3-12)25(22,23)24-17-8-13(9-19)6-15-7-14(10-20)11-21-18(15)17/h2-8,11H,1H3. The highest BCUT2D eigenvalue weighted by Gasteiger charge is 2.19. The maximum absolute atomic E-state index is 12.5. The maximum atomic E-state index is 12.5. The SMILES string of the molecule is Cc1ccc(S(=O)(=O)Oc2cc(C#N)cc3cc(C#N)cnc23)cc1. The summed E-state index contributed by atoms with van der Waals surface area (Å²) in [5.41, 5.74) is 1.68. The van der Waals surface area contributed by atoms with E-state index in [0.29, 0.717) is 10.9 Å². The summed E-state index contributed by atoms with van der Waals surface area (Å²) in [5, 5.41) is 18.6. The van der Waals surface area contributed by atoms with E-state index >= 15 is 0 Å². The summed E-state index contributed by atoms with van der Waals surface area (Å²) in [6.45, 7) is 1.85. The monoisotopic (exact) mass is 349 g/mol. The molecule has 0 bridgehead atoms. The topological polar surface area (TPSA) is 104 Å². The average Bonchev–Trinajstić information content (AvgIpc) is 2.61. The zero-order valence-corrected chi connectivity index (χ0v) is 13.9. The summed E-state index contributed by atoms with van der Waals surface area (Å²) in [5.74, 6) is -0.0564. The molecule has 1 heterocycles. The van der Waals surface area contributed by atoms with Crippen molar-refractivity contribution >= 4 is 21.0 Å².